The summed E-state index contributed by atoms with van der Waals surface area (Å²) in [6.45, 7) is 4.04. The van der Waals surface area contributed by atoms with Gasteiger partial charge in [-0.05, 0) is 19.4 Å². The number of aromatic nitrogens is 2. The number of nitrogen functional groups attached to an aromatic ring is 1. The molecule has 0 unspecified atom stereocenters. The van der Waals surface area contributed by atoms with Crippen LogP contribution in [-0.4, -0.2) is 32.8 Å². The lowest BCUT2D eigenvalue weighted by molar-refractivity contribution is -0.137. The van der Waals surface area contributed by atoms with E-state index in [1.54, 1.807) is 11.3 Å². The topological polar surface area (TPSA) is 115 Å². The monoisotopic (exact) mass is 312 g/mol. The number of hydrogen-bond acceptors (Lipinski definition) is 7. The molecule has 8 heteroatoms. The summed E-state index contributed by atoms with van der Waals surface area (Å²) in [6, 6.07) is -0.868. The van der Waals surface area contributed by atoms with Gasteiger partial charge in [-0.2, -0.15) is 11.8 Å². The van der Waals surface area contributed by atoms with Gasteiger partial charge in [-0.3, -0.25) is 4.79 Å². The number of aliphatic carboxylic acids is 1. The molecule has 20 heavy (non-hydrogen) atoms. The molecule has 2 aromatic heterocycles. The maximum absolute atomic E-state index is 10.6. The number of aryl methyl sites for hydroxylation is 2. The second kappa shape index (κ2) is 5.94. The molecule has 0 aromatic carbocycles. The first kappa shape index (κ1) is 15.0. The number of anilines is 1. The van der Waals surface area contributed by atoms with Crippen LogP contribution < -0.4 is 11.5 Å². The van der Waals surface area contributed by atoms with Gasteiger partial charge in [0.25, 0.3) is 0 Å². The predicted molar refractivity (Wildman–Crippen MR) is 83.1 cm³/mol. The van der Waals surface area contributed by atoms with E-state index in [0.29, 0.717) is 23.1 Å². The number of nitrogens with zero attached hydrogens (tertiary/aromatic N) is 2. The third-order valence-corrected chi connectivity index (χ3v) is 5.11. The minimum absolute atomic E-state index is 0.319. The van der Waals surface area contributed by atoms with Crippen molar-refractivity contribution in [3.63, 3.8) is 0 Å². The molecule has 0 spiro atoms. The molecule has 0 bridgehead atoms. The Bertz CT molecular complexity index is 656. The maximum Gasteiger partial charge on any atom is 0.321 e. The molecule has 0 aliphatic rings. The number of thioether (sulfide) groups is 1. The molecule has 5 N–H and O–H groups in total. The van der Waals surface area contributed by atoms with Crippen LogP contribution in [0.1, 0.15) is 16.3 Å². The summed E-state index contributed by atoms with van der Waals surface area (Å²) in [5.74, 6) is 0.905. The fourth-order valence-corrected chi connectivity index (χ4v) is 3.62. The third-order valence-electron chi connectivity index (χ3n) is 2.95. The van der Waals surface area contributed by atoms with Crippen LogP contribution in [0.3, 0.4) is 0 Å². The van der Waals surface area contributed by atoms with Crippen LogP contribution in [0, 0.1) is 13.8 Å². The van der Waals surface area contributed by atoms with E-state index in [9.17, 15) is 4.79 Å². The van der Waals surface area contributed by atoms with E-state index in [-0.39, 0.29) is 0 Å². The van der Waals surface area contributed by atoms with Gasteiger partial charge in [0.05, 0.1) is 11.1 Å². The van der Waals surface area contributed by atoms with Gasteiger partial charge in [-0.25, -0.2) is 9.97 Å². The molecular formula is C12H16N4O2S2. The Morgan fingerprint density at radius 3 is 2.80 bits per heavy atom. The number of carboxylic acid groups (broad SMARTS) is 1. The maximum atomic E-state index is 10.6. The first-order valence-corrected chi connectivity index (χ1v) is 7.95. The molecule has 0 aliphatic carbocycles. The summed E-state index contributed by atoms with van der Waals surface area (Å²) in [6.07, 6.45) is 0. The Morgan fingerprint density at radius 1 is 1.45 bits per heavy atom. The first-order valence-electron chi connectivity index (χ1n) is 5.98. The zero-order valence-electron chi connectivity index (χ0n) is 11.2. The summed E-state index contributed by atoms with van der Waals surface area (Å²) >= 11 is 2.98. The highest BCUT2D eigenvalue weighted by Crippen LogP contribution is 2.32. The quantitative estimate of drug-likeness (QED) is 0.767. The van der Waals surface area contributed by atoms with Gasteiger partial charge in [-0.1, -0.05) is 0 Å². The van der Waals surface area contributed by atoms with E-state index in [1.807, 2.05) is 13.8 Å². The molecule has 2 rings (SSSR count). The van der Waals surface area contributed by atoms with Crippen molar-refractivity contribution in [2.24, 2.45) is 5.73 Å². The first-order chi connectivity index (χ1) is 9.40. The van der Waals surface area contributed by atoms with Gasteiger partial charge in [0, 0.05) is 10.6 Å². The Labute approximate surface area is 124 Å². The molecule has 108 valence electrons. The minimum atomic E-state index is -1.00. The predicted octanol–water partition coefficient (Wildman–Crippen LogP) is 1.54. The van der Waals surface area contributed by atoms with Crippen molar-refractivity contribution in [3.05, 3.63) is 16.3 Å². The molecular weight excluding hydrogens is 296 g/mol. The van der Waals surface area contributed by atoms with Crippen molar-refractivity contribution in [2.45, 2.75) is 25.6 Å². The van der Waals surface area contributed by atoms with E-state index in [0.717, 1.165) is 15.8 Å². The van der Waals surface area contributed by atoms with Crippen LogP contribution in [0.15, 0.2) is 0 Å². The second-order valence-corrected chi connectivity index (χ2v) is 6.68. The summed E-state index contributed by atoms with van der Waals surface area (Å²) in [4.78, 5) is 21.4. The standard InChI is InChI=1S/C12H16N4O2S2/c1-5-6(2)20-11-9(5)10(14)15-8(16-11)4-19-3-7(13)12(17)18/h7H,3-4,13H2,1-2H3,(H,17,18)(H2,14,15,16)/t7-/m0/s1. The Hall–Kier alpha value is -1.38. The van der Waals surface area contributed by atoms with Crippen molar-refractivity contribution in [2.75, 3.05) is 11.5 Å². The fraction of sp³-hybridized carbons (Fsp3) is 0.417. The number of carboxylic acids is 1. The molecule has 0 radical (unpaired) electrons. The number of fused-ring (bicyclic) bond motifs is 1. The molecule has 6 nitrogen and oxygen atoms in total. The van der Waals surface area contributed by atoms with Crippen molar-refractivity contribution in [1.82, 2.24) is 9.97 Å². The van der Waals surface area contributed by atoms with E-state index >= 15 is 0 Å². The Balaban J connectivity index is 2.14. The minimum Gasteiger partial charge on any atom is -0.480 e. The highest BCUT2D eigenvalue weighted by Gasteiger charge is 2.14. The molecule has 0 saturated heterocycles. The number of carbonyl (C=O) groups is 1. The summed E-state index contributed by atoms with van der Waals surface area (Å²) < 4.78 is 0. The lowest BCUT2D eigenvalue weighted by atomic mass is 10.2. The average Bonchev–Trinajstić information content (AvgIpc) is 2.65. The van der Waals surface area contributed by atoms with Gasteiger partial charge in [0.2, 0.25) is 0 Å². The fourth-order valence-electron chi connectivity index (χ4n) is 1.74. The Morgan fingerprint density at radius 2 is 2.15 bits per heavy atom. The van der Waals surface area contributed by atoms with Crippen molar-refractivity contribution < 1.29 is 9.90 Å². The molecule has 2 heterocycles. The van der Waals surface area contributed by atoms with E-state index in [1.165, 1.54) is 16.6 Å². The van der Waals surface area contributed by atoms with Crippen LogP contribution in [0.4, 0.5) is 5.82 Å². The van der Waals surface area contributed by atoms with Gasteiger partial charge in [-0.15, -0.1) is 11.3 Å². The van der Waals surface area contributed by atoms with E-state index in [2.05, 4.69) is 9.97 Å². The lowest BCUT2D eigenvalue weighted by Crippen LogP contribution is -2.32. The summed E-state index contributed by atoms with van der Waals surface area (Å²) in [7, 11) is 0. The number of thiophene rings is 1. The van der Waals surface area contributed by atoms with Crippen LogP contribution in [0.2, 0.25) is 0 Å². The van der Waals surface area contributed by atoms with Crippen molar-refractivity contribution in [1.29, 1.82) is 0 Å². The van der Waals surface area contributed by atoms with Gasteiger partial charge in [0.1, 0.15) is 22.5 Å². The highest BCUT2D eigenvalue weighted by molar-refractivity contribution is 7.98. The number of rotatable bonds is 5. The molecule has 0 amide bonds. The number of hydrogen-bond donors (Lipinski definition) is 3. The SMILES string of the molecule is Cc1sc2nc(CSC[C@H](N)C(=O)O)nc(N)c2c1C. The molecule has 0 fully saturated rings. The molecule has 0 saturated carbocycles. The number of nitrogens with two attached hydrogens (primary N) is 2. The molecule has 1 atom stereocenters. The summed E-state index contributed by atoms with van der Waals surface area (Å²) in [5.41, 5.74) is 12.5. The lowest BCUT2D eigenvalue weighted by Gasteiger charge is -2.06. The van der Waals surface area contributed by atoms with Gasteiger partial charge in [0.15, 0.2) is 0 Å². The smallest absolute Gasteiger partial charge is 0.321 e. The van der Waals surface area contributed by atoms with E-state index < -0.39 is 12.0 Å². The van der Waals surface area contributed by atoms with E-state index in [4.69, 9.17) is 16.6 Å². The zero-order valence-corrected chi connectivity index (χ0v) is 12.8. The van der Waals surface area contributed by atoms with Crippen LogP contribution >= 0.6 is 23.1 Å². The van der Waals surface area contributed by atoms with Crippen molar-refractivity contribution in [3.8, 4) is 0 Å². The van der Waals surface area contributed by atoms with Gasteiger partial charge >= 0.3 is 5.97 Å². The van der Waals surface area contributed by atoms with Crippen LogP contribution in [0.5, 0.6) is 0 Å². The highest BCUT2D eigenvalue weighted by atomic mass is 32.2. The summed E-state index contributed by atoms with van der Waals surface area (Å²) in [5, 5.41) is 9.63. The average molecular weight is 312 g/mol. The molecule has 0 aliphatic heterocycles. The van der Waals surface area contributed by atoms with Gasteiger partial charge < -0.3 is 16.6 Å². The Kier molecular flexibility index (Phi) is 4.46. The largest absolute Gasteiger partial charge is 0.480 e. The zero-order chi connectivity index (χ0) is 14.9. The molecule has 2 aromatic rings. The second-order valence-electron chi connectivity index (χ2n) is 4.45. The van der Waals surface area contributed by atoms with Crippen molar-refractivity contribution >= 4 is 45.1 Å². The van der Waals surface area contributed by atoms with Crippen LogP contribution in [-0.2, 0) is 10.5 Å². The van der Waals surface area contributed by atoms with Crippen LogP contribution in [0.25, 0.3) is 10.2 Å². The third kappa shape index (κ3) is 3.02. The normalized spacial score (nSPS) is 12.8.